The van der Waals surface area contributed by atoms with Gasteiger partial charge in [-0.3, -0.25) is 9.59 Å². The van der Waals surface area contributed by atoms with E-state index < -0.39 is 11.6 Å². The van der Waals surface area contributed by atoms with Crippen LogP contribution < -0.4 is 15.1 Å². The highest BCUT2D eigenvalue weighted by Gasteiger charge is 2.16. The van der Waals surface area contributed by atoms with Crippen molar-refractivity contribution in [3.05, 3.63) is 83.3 Å². The van der Waals surface area contributed by atoms with E-state index in [0.717, 1.165) is 89.9 Å². The zero-order valence-corrected chi connectivity index (χ0v) is 31.8. The number of allylic oxidation sites excluding steroid dienone is 8. The number of ether oxygens (including phenoxy) is 2. The number of fused-ring (bicyclic) bond motifs is 1. The minimum absolute atomic E-state index is 0.0952. The van der Waals surface area contributed by atoms with Gasteiger partial charge in [-0.05, 0) is 89.2 Å². The SMILES string of the molecule is CCCCC/C=C\C/C=C\CCCCCCCC(=O)Oc1cc2ccc(=O)oc2cc1OC(=O)CCCCCCC/C=C\C/C=C\CCCCC. The second kappa shape index (κ2) is 30.0. The number of unbranched alkanes of at least 4 members (excludes halogenated alkanes) is 16. The molecule has 0 bridgehead atoms. The summed E-state index contributed by atoms with van der Waals surface area (Å²) in [6.45, 7) is 4.46. The summed E-state index contributed by atoms with van der Waals surface area (Å²) in [7, 11) is 0. The van der Waals surface area contributed by atoms with Crippen LogP contribution in [0.25, 0.3) is 11.0 Å². The maximum Gasteiger partial charge on any atom is 0.336 e. The molecule has 1 aromatic carbocycles. The molecule has 1 heterocycles. The monoisotopic (exact) mass is 702 g/mol. The standard InChI is InChI=1S/C45H66O6/c1-3-5-7-9-11-13-15-17-19-21-23-25-27-29-31-33-43(46)50-41-37-39-35-36-45(48)49-40(39)38-42(41)51-44(47)34-32-30-28-26-24-22-20-18-16-14-12-10-8-6-4-2/h11-14,17-20,35-38H,3-10,15-16,21-34H2,1-2H3/b13-11-,14-12-,19-17-,20-18-. The summed E-state index contributed by atoms with van der Waals surface area (Å²) in [6.07, 6.45) is 43.0. The molecule has 0 unspecified atom stereocenters. The largest absolute Gasteiger partial charge is 0.423 e. The molecule has 0 atom stereocenters. The Kier molecular flexibility index (Phi) is 25.6. The zero-order valence-electron chi connectivity index (χ0n) is 31.8. The van der Waals surface area contributed by atoms with Gasteiger partial charge in [-0.1, -0.05) is 127 Å². The lowest BCUT2D eigenvalue weighted by molar-refractivity contribution is -0.137. The normalized spacial score (nSPS) is 12.0. The fourth-order valence-corrected chi connectivity index (χ4v) is 5.74. The Labute approximate surface area is 308 Å². The number of hydrogen-bond acceptors (Lipinski definition) is 6. The fourth-order valence-electron chi connectivity index (χ4n) is 5.74. The van der Waals surface area contributed by atoms with Crippen LogP contribution in [0.15, 0.2) is 82.1 Å². The van der Waals surface area contributed by atoms with Gasteiger partial charge in [-0.2, -0.15) is 0 Å². The highest BCUT2D eigenvalue weighted by molar-refractivity contribution is 5.84. The van der Waals surface area contributed by atoms with E-state index in [4.69, 9.17) is 13.9 Å². The number of benzene rings is 1. The lowest BCUT2D eigenvalue weighted by Gasteiger charge is -2.12. The molecule has 0 fully saturated rings. The van der Waals surface area contributed by atoms with Crippen LogP contribution in [0.2, 0.25) is 0 Å². The first-order valence-electron chi connectivity index (χ1n) is 20.1. The Hall–Kier alpha value is -3.67. The van der Waals surface area contributed by atoms with Crippen molar-refractivity contribution >= 4 is 22.9 Å². The van der Waals surface area contributed by atoms with Crippen LogP contribution in [0.3, 0.4) is 0 Å². The summed E-state index contributed by atoms with van der Waals surface area (Å²) < 4.78 is 16.6. The minimum Gasteiger partial charge on any atom is -0.423 e. The molecule has 0 amide bonds. The molecule has 2 rings (SSSR count). The van der Waals surface area contributed by atoms with Gasteiger partial charge in [0, 0.05) is 30.4 Å². The molecule has 51 heavy (non-hydrogen) atoms. The van der Waals surface area contributed by atoms with E-state index in [1.165, 1.54) is 63.5 Å². The maximum atomic E-state index is 12.7. The summed E-state index contributed by atoms with van der Waals surface area (Å²) in [5, 5.41) is 0.586. The van der Waals surface area contributed by atoms with Crippen LogP contribution in [0.4, 0.5) is 0 Å². The van der Waals surface area contributed by atoms with Crippen LogP contribution in [0, 0.1) is 0 Å². The van der Waals surface area contributed by atoms with E-state index in [-0.39, 0.29) is 35.9 Å². The van der Waals surface area contributed by atoms with Gasteiger partial charge in [0.05, 0.1) is 0 Å². The number of esters is 2. The van der Waals surface area contributed by atoms with Gasteiger partial charge in [0.1, 0.15) is 5.58 Å². The zero-order chi connectivity index (χ0) is 36.6. The van der Waals surface area contributed by atoms with Crippen molar-refractivity contribution in [1.82, 2.24) is 0 Å². The quantitative estimate of drug-likeness (QED) is 0.0265. The van der Waals surface area contributed by atoms with Crippen LogP contribution in [0.5, 0.6) is 11.5 Å². The molecule has 6 heteroatoms. The third kappa shape index (κ3) is 22.7. The number of carbonyl (C=O) groups is 2. The van der Waals surface area contributed by atoms with E-state index in [2.05, 4.69) is 62.5 Å². The van der Waals surface area contributed by atoms with Gasteiger partial charge < -0.3 is 13.9 Å². The molecule has 1 aromatic heterocycles. The summed E-state index contributed by atoms with van der Waals surface area (Å²) in [4.78, 5) is 37.3. The van der Waals surface area contributed by atoms with Gasteiger partial charge >= 0.3 is 17.6 Å². The van der Waals surface area contributed by atoms with Gasteiger partial charge in [0.25, 0.3) is 0 Å². The third-order valence-electron chi connectivity index (χ3n) is 8.80. The smallest absolute Gasteiger partial charge is 0.336 e. The fraction of sp³-hybridized carbons (Fsp3) is 0.578. The van der Waals surface area contributed by atoms with Gasteiger partial charge in [0.2, 0.25) is 0 Å². The molecule has 0 saturated carbocycles. The van der Waals surface area contributed by atoms with Crippen LogP contribution in [-0.4, -0.2) is 11.9 Å². The predicted octanol–water partition coefficient (Wildman–Crippen LogP) is 13.2. The summed E-state index contributed by atoms with van der Waals surface area (Å²) in [5.74, 6) is -0.511. The molecule has 2 aromatic rings. The average Bonchev–Trinajstić information content (AvgIpc) is 3.12. The van der Waals surface area contributed by atoms with Gasteiger partial charge in [-0.15, -0.1) is 0 Å². The first-order valence-corrected chi connectivity index (χ1v) is 20.1. The van der Waals surface area contributed by atoms with Crippen LogP contribution >= 0.6 is 0 Å². The van der Waals surface area contributed by atoms with Crippen molar-refractivity contribution in [3.63, 3.8) is 0 Å². The Morgan fingerprint density at radius 2 is 0.941 bits per heavy atom. The third-order valence-corrected chi connectivity index (χ3v) is 8.80. The van der Waals surface area contributed by atoms with Crippen molar-refractivity contribution in [2.45, 2.75) is 168 Å². The van der Waals surface area contributed by atoms with Crippen LogP contribution in [0.1, 0.15) is 168 Å². The summed E-state index contributed by atoms with van der Waals surface area (Å²) in [6, 6.07) is 5.97. The molecular weight excluding hydrogens is 636 g/mol. The lowest BCUT2D eigenvalue weighted by Crippen LogP contribution is -2.12. The Morgan fingerprint density at radius 3 is 1.41 bits per heavy atom. The average molecular weight is 703 g/mol. The Bertz CT molecular complexity index is 1400. The summed E-state index contributed by atoms with van der Waals surface area (Å²) in [5.41, 5.74) is -0.230. The molecule has 0 aliphatic heterocycles. The van der Waals surface area contributed by atoms with Crippen molar-refractivity contribution in [2.24, 2.45) is 0 Å². The number of carbonyl (C=O) groups excluding carboxylic acids is 2. The minimum atomic E-state index is -0.504. The van der Waals surface area contributed by atoms with E-state index in [1.54, 1.807) is 12.1 Å². The first kappa shape index (κ1) is 43.5. The Morgan fingerprint density at radius 1 is 0.529 bits per heavy atom. The molecule has 282 valence electrons. The molecular formula is C45H66O6. The van der Waals surface area contributed by atoms with E-state index in [9.17, 15) is 14.4 Å². The Balaban J connectivity index is 1.67. The van der Waals surface area contributed by atoms with Crippen molar-refractivity contribution in [2.75, 3.05) is 0 Å². The van der Waals surface area contributed by atoms with E-state index in [0.29, 0.717) is 5.39 Å². The molecule has 0 saturated heterocycles. The van der Waals surface area contributed by atoms with Crippen molar-refractivity contribution < 1.29 is 23.5 Å². The van der Waals surface area contributed by atoms with E-state index in [1.807, 2.05) is 0 Å². The van der Waals surface area contributed by atoms with E-state index >= 15 is 0 Å². The predicted molar refractivity (Wildman–Crippen MR) is 212 cm³/mol. The van der Waals surface area contributed by atoms with Crippen LogP contribution in [-0.2, 0) is 9.59 Å². The molecule has 0 aliphatic rings. The topological polar surface area (TPSA) is 82.8 Å². The molecule has 0 spiro atoms. The molecule has 0 N–H and O–H groups in total. The summed E-state index contributed by atoms with van der Waals surface area (Å²) >= 11 is 0. The lowest BCUT2D eigenvalue weighted by atomic mass is 10.1. The van der Waals surface area contributed by atoms with Crippen molar-refractivity contribution in [1.29, 1.82) is 0 Å². The highest BCUT2D eigenvalue weighted by atomic mass is 16.6. The molecule has 6 nitrogen and oxygen atoms in total. The highest BCUT2D eigenvalue weighted by Crippen LogP contribution is 2.33. The van der Waals surface area contributed by atoms with Gasteiger partial charge in [-0.25, -0.2) is 4.79 Å². The first-order chi connectivity index (χ1) is 25.0. The molecule has 0 aliphatic carbocycles. The second-order valence-electron chi connectivity index (χ2n) is 13.5. The van der Waals surface area contributed by atoms with Gasteiger partial charge in [0.15, 0.2) is 11.5 Å². The van der Waals surface area contributed by atoms with Crippen molar-refractivity contribution in [3.8, 4) is 11.5 Å². The molecule has 0 radical (unpaired) electrons. The number of rotatable bonds is 30. The number of hydrogen-bond donors (Lipinski definition) is 0. The second-order valence-corrected chi connectivity index (χ2v) is 13.5. The maximum absolute atomic E-state index is 12.7.